The van der Waals surface area contributed by atoms with E-state index >= 15 is 0 Å². The van der Waals surface area contributed by atoms with Crippen molar-refractivity contribution in [2.45, 2.75) is 25.8 Å². The molecule has 0 heterocycles. The Kier molecular flexibility index (Phi) is 4.39. The van der Waals surface area contributed by atoms with Crippen LogP contribution in [0.15, 0.2) is 12.1 Å². The lowest BCUT2D eigenvalue weighted by molar-refractivity contribution is 0.539. The van der Waals surface area contributed by atoms with E-state index in [2.05, 4.69) is 11.8 Å². The van der Waals surface area contributed by atoms with Gasteiger partial charge in [-0.05, 0) is 6.42 Å². The Balaban J connectivity index is 2.97. The van der Waals surface area contributed by atoms with Crippen molar-refractivity contribution >= 4 is 0 Å². The summed E-state index contributed by atoms with van der Waals surface area (Å²) in [6.07, 6.45) is 1.49. The summed E-state index contributed by atoms with van der Waals surface area (Å²) in [5, 5.41) is 0. The van der Waals surface area contributed by atoms with Crippen LogP contribution in [0.3, 0.4) is 0 Å². The second kappa shape index (κ2) is 5.57. The molecule has 0 saturated carbocycles. The molecule has 1 nitrogen and oxygen atoms in total. The first kappa shape index (κ1) is 12.6. The fourth-order valence-corrected chi connectivity index (χ4v) is 1.21. The third-order valence-electron chi connectivity index (χ3n) is 1.99. The number of benzene rings is 1. The molecule has 0 aliphatic rings. The van der Waals surface area contributed by atoms with Crippen molar-refractivity contribution in [2.75, 3.05) is 0 Å². The van der Waals surface area contributed by atoms with Crippen LogP contribution >= 0.6 is 0 Å². The minimum absolute atomic E-state index is 0.422. The molecule has 1 aromatic rings. The molecule has 1 aromatic carbocycles. The van der Waals surface area contributed by atoms with E-state index in [1.165, 1.54) is 0 Å². The molecule has 4 heteroatoms. The Morgan fingerprint density at radius 3 is 2.31 bits per heavy atom. The van der Waals surface area contributed by atoms with Crippen LogP contribution in [0.1, 0.15) is 25.3 Å². The second-order valence-corrected chi connectivity index (χ2v) is 3.41. The van der Waals surface area contributed by atoms with Gasteiger partial charge in [0, 0.05) is 12.1 Å². The van der Waals surface area contributed by atoms with Crippen LogP contribution in [-0.4, -0.2) is 6.04 Å². The lowest BCUT2D eigenvalue weighted by Crippen LogP contribution is -2.16. The van der Waals surface area contributed by atoms with E-state index in [1.807, 2.05) is 6.92 Å². The summed E-state index contributed by atoms with van der Waals surface area (Å²) in [4.78, 5) is 0. The average Bonchev–Trinajstić information content (AvgIpc) is 2.16. The zero-order valence-corrected chi connectivity index (χ0v) is 8.86. The third-order valence-corrected chi connectivity index (χ3v) is 1.99. The third kappa shape index (κ3) is 3.28. The standard InChI is InChI=1S/C12H12F3N/c1-2-3-9(16)4-5-10-11(14)6-8(13)7-12(10)15/h6-7,9H,2-3,16H2,1H3. The fourth-order valence-electron chi connectivity index (χ4n) is 1.21. The molecule has 0 bridgehead atoms. The maximum atomic E-state index is 13.1. The summed E-state index contributed by atoms with van der Waals surface area (Å²) in [6, 6.07) is 0.769. The second-order valence-electron chi connectivity index (χ2n) is 3.41. The molecule has 0 aliphatic carbocycles. The molecule has 0 fully saturated rings. The first-order valence-electron chi connectivity index (χ1n) is 4.96. The highest BCUT2D eigenvalue weighted by Gasteiger charge is 2.09. The molecule has 0 radical (unpaired) electrons. The van der Waals surface area contributed by atoms with Crippen LogP contribution in [0.4, 0.5) is 13.2 Å². The highest BCUT2D eigenvalue weighted by atomic mass is 19.1. The molecule has 0 aliphatic heterocycles. The molecule has 1 atom stereocenters. The summed E-state index contributed by atoms with van der Waals surface area (Å²) in [6.45, 7) is 1.93. The van der Waals surface area contributed by atoms with Crippen molar-refractivity contribution in [2.24, 2.45) is 5.73 Å². The molecular formula is C12H12F3N. The lowest BCUT2D eigenvalue weighted by Gasteiger charge is -2.00. The molecule has 1 unspecified atom stereocenters. The summed E-state index contributed by atoms with van der Waals surface area (Å²) < 4.78 is 38.8. The Morgan fingerprint density at radius 2 is 1.81 bits per heavy atom. The van der Waals surface area contributed by atoms with Crippen LogP contribution in [0.25, 0.3) is 0 Å². The monoisotopic (exact) mass is 227 g/mol. The smallest absolute Gasteiger partial charge is 0.144 e. The van der Waals surface area contributed by atoms with Gasteiger partial charge in [-0.15, -0.1) is 0 Å². The quantitative estimate of drug-likeness (QED) is 0.772. The Labute approximate surface area is 92.5 Å². The number of nitrogens with two attached hydrogens (primary N) is 1. The SMILES string of the molecule is CCCC(N)C#Cc1c(F)cc(F)cc1F. The average molecular weight is 227 g/mol. The Hall–Kier alpha value is -1.47. The zero-order valence-electron chi connectivity index (χ0n) is 8.86. The van der Waals surface area contributed by atoms with Gasteiger partial charge in [0.15, 0.2) is 0 Å². The van der Waals surface area contributed by atoms with Crippen molar-refractivity contribution < 1.29 is 13.2 Å². The summed E-state index contributed by atoms with van der Waals surface area (Å²) >= 11 is 0. The van der Waals surface area contributed by atoms with E-state index in [-0.39, 0.29) is 0 Å². The van der Waals surface area contributed by atoms with Crippen LogP contribution < -0.4 is 5.73 Å². The van der Waals surface area contributed by atoms with Gasteiger partial charge in [-0.3, -0.25) is 0 Å². The molecular weight excluding hydrogens is 215 g/mol. The largest absolute Gasteiger partial charge is 0.318 e. The molecule has 86 valence electrons. The van der Waals surface area contributed by atoms with Crippen molar-refractivity contribution in [3.05, 3.63) is 35.1 Å². The van der Waals surface area contributed by atoms with E-state index in [9.17, 15) is 13.2 Å². The van der Waals surface area contributed by atoms with E-state index in [0.29, 0.717) is 18.6 Å². The van der Waals surface area contributed by atoms with E-state index in [4.69, 9.17) is 5.73 Å². The first-order valence-corrected chi connectivity index (χ1v) is 4.96. The van der Waals surface area contributed by atoms with Crippen molar-refractivity contribution in [1.82, 2.24) is 0 Å². The van der Waals surface area contributed by atoms with E-state index in [1.54, 1.807) is 0 Å². The Morgan fingerprint density at radius 1 is 1.25 bits per heavy atom. The van der Waals surface area contributed by atoms with Gasteiger partial charge in [0.25, 0.3) is 0 Å². The predicted molar refractivity (Wildman–Crippen MR) is 56.1 cm³/mol. The number of rotatable bonds is 2. The van der Waals surface area contributed by atoms with Crippen molar-refractivity contribution in [3.8, 4) is 11.8 Å². The lowest BCUT2D eigenvalue weighted by atomic mass is 10.1. The molecule has 0 amide bonds. The maximum Gasteiger partial charge on any atom is 0.144 e. The molecule has 16 heavy (non-hydrogen) atoms. The summed E-state index contributed by atoms with van der Waals surface area (Å²) in [5.41, 5.74) is 5.13. The van der Waals surface area contributed by atoms with Crippen LogP contribution in [0, 0.1) is 29.3 Å². The van der Waals surface area contributed by atoms with Gasteiger partial charge in [0.05, 0.1) is 11.6 Å². The zero-order chi connectivity index (χ0) is 12.1. The van der Waals surface area contributed by atoms with Gasteiger partial charge < -0.3 is 5.73 Å². The van der Waals surface area contributed by atoms with Crippen molar-refractivity contribution in [3.63, 3.8) is 0 Å². The van der Waals surface area contributed by atoms with Gasteiger partial charge in [-0.25, -0.2) is 13.2 Å². The van der Waals surface area contributed by atoms with Gasteiger partial charge in [0.1, 0.15) is 17.5 Å². The summed E-state index contributed by atoms with van der Waals surface area (Å²) in [5.74, 6) is 1.86. The van der Waals surface area contributed by atoms with Gasteiger partial charge in [-0.1, -0.05) is 25.2 Å². The van der Waals surface area contributed by atoms with E-state index < -0.39 is 29.1 Å². The van der Waals surface area contributed by atoms with Gasteiger partial charge in [0.2, 0.25) is 0 Å². The van der Waals surface area contributed by atoms with Crippen LogP contribution in [-0.2, 0) is 0 Å². The Bertz CT molecular complexity index is 409. The highest BCUT2D eigenvalue weighted by molar-refractivity contribution is 5.37. The van der Waals surface area contributed by atoms with Gasteiger partial charge >= 0.3 is 0 Å². The van der Waals surface area contributed by atoms with Crippen LogP contribution in [0.2, 0.25) is 0 Å². The fraction of sp³-hybridized carbons (Fsp3) is 0.333. The topological polar surface area (TPSA) is 26.0 Å². The normalized spacial score (nSPS) is 11.8. The van der Waals surface area contributed by atoms with Crippen LogP contribution in [0.5, 0.6) is 0 Å². The van der Waals surface area contributed by atoms with E-state index in [0.717, 1.165) is 6.42 Å². The first-order chi connectivity index (χ1) is 7.54. The number of hydrogen-bond acceptors (Lipinski definition) is 1. The highest BCUT2D eigenvalue weighted by Crippen LogP contribution is 2.13. The molecule has 0 aromatic heterocycles. The van der Waals surface area contributed by atoms with Gasteiger partial charge in [-0.2, -0.15) is 0 Å². The number of hydrogen-bond donors (Lipinski definition) is 1. The number of halogens is 3. The van der Waals surface area contributed by atoms with Crippen molar-refractivity contribution in [1.29, 1.82) is 0 Å². The molecule has 1 rings (SSSR count). The predicted octanol–water partition coefficient (Wildman–Crippen LogP) is 2.58. The minimum Gasteiger partial charge on any atom is -0.318 e. The molecule has 0 spiro atoms. The minimum atomic E-state index is -1.01. The summed E-state index contributed by atoms with van der Waals surface area (Å²) in [7, 11) is 0. The molecule has 2 N–H and O–H groups in total. The molecule has 0 saturated heterocycles. The maximum absolute atomic E-state index is 13.1.